The number of benzene rings is 2. The summed E-state index contributed by atoms with van der Waals surface area (Å²) in [6.45, 7) is 8.45. The highest BCUT2D eigenvalue weighted by atomic mass is 16.6. The molecule has 1 aliphatic carbocycles. The van der Waals surface area contributed by atoms with E-state index in [4.69, 9.17) is 13.9 Å². The van der Waals surface area contributed by atoms with Crippen LogP contribution in [0.4, 0.5) is 21.0 Å². The van der Waals surface area contributed by atoms with E-state index in [2.05, 4.69) is 46.6 Å². The number of nitrogens with zero attached hydrogens (tertiary/aromatic N) is 2. The van der Waals surface area contributed by atoms with E-state index in [-0.39, 0.29) is 12.6 Å². The van der Waals surface area contributed by atoms with Gasteiger partial charge in [-0.1, -0.05) is 38.3 Å². The van der Waals surface area contributed by atoms with Gasteiger partial charge in [0.05, 0.1) is 18.9 Å². The monoisotopic (exact) mass is 577 g/mol. The van der Waals surface area contributed by atoms with E-state index >= 15 is 0 Å². The summed E-state index contributed by atoms with van der Waals surface area (Å²) in [5.41, 5.74) is 2.72. The Kier molecular flexibility index (Phi) is 11.2. The summed E-state index contributed by atoms with van der Waals surface area (Å²) in [6.07, 6.45) is 8.23. The van der Waals surface area contributed by atoms with Crippen LogP contribution >= 0.6 is 0 Å². The highest BCUT2D eigenvalue weighted by Crippen LogP contribution is 2.32. The smallest absolute Gasteiger partial charge is 0.407 e. The van der Waals surface area contributed by atoms with Gasteiger partial charge in [-0.3, -0.25) is 4.90 Å². The van der Waals surface area contributed by atoms with E-state index in [9.17, 15) is 9.59 Å². The number of methoxy groups -OCH3 is 1. The highest BCUT2D eigenvalue weighted by Gasteiger charge is 2.29. The molecule has 1 aliphatic rings. The van der Waals surface area contributed by atoms with Crippen molar-refractivity contribution in [3.63, 3.8) is 0 Å². The lowest BCUT2D eigenvalue weighted by atomic mass is 9.85. The zero-order valence-corrected chi connectivity index (χ0v) is 25.0. The van der Waals surface area contributed by atoms with Crippen LogP contribution < -0.4 is 20.7 Å². The van der Waals surface area contributed by atoms with E-state index in [1.54, 1.807) is 37.6 Å². The summed E-state index contributed by atoms with van der Waals surface area (Å²) in [6, 6.07) is 12.6. The molecule has 0 bridgehead atoms. The number of alkyl carbamates (subject to hydrolysis) is 1. The number of carbonyl (C=O) groups is 2. The van der Waals surface area contributed by atoms with Gasteiger partial charge in [-0.25, -0.2) is 14.6 Å². The fourth-order valence-electron chi connectivity index (χ4n) is 5.45. The van der Waals surface area contributed by atoms with Crippen LogP contribution in [0.5, 0.6) is 5.75 Å². The Morgan fingerprint density at radius 1 is 1.07 bits per heavy atom. The molecular formula is C32H43N5O5. The zero-order valence-electron chi connectivity index (χ0n) is 25.0. The highest BCUT2D eigenvalue weighted by molar-refractivity contribution is 6.00. The van der Waals surface area contributed by atoms with Crippen molar-refractivity contribution in [3.05, 3.63) is 60.6 Å². The Morgan fingerprint density at radius 2 is 1.83 bits per heavy atom. The molecule has 0 spiro atoms. The second-order valence-electron chi connectivity index (χ2n) is 10.9. The Balaban J connectivity index is 1.31. The molecule has 0 unspecified atom stereocenters. The molecule has 1 saturated carbocycles. The lowest BCUT2D eigenvalue weighted by Gasteiger charge is -2.35. The SMILES string of the molecule is CCN(C[C@@H](OC(=O)NCc1cccc(NC(=O)Nc2ccc(-c3cnco3)c(OC)c2)c1)C1CCCCC1)C(C)C. The van der Waals surface area contributed by atoms with Gasteiger partial charge in [0.2, 0.25) is 0 Å². The number of urea groups is 1. The van der Waals surface area contributed by atoms with E-state index in [1.165, 1.54) is 25.7 Å². The molecule has 10 nitrogen and oxygen atoms in total. The van der Waals surface area contributed by atoms with Crippen molar-refractivity contribution >= 4 is 23.5 Å². The van der Waals surface area contributed by atoms with Crippen molar-refractivity contribution in [1.82, 2.24) is 15.2 Å². The van der Waals surface area contributed by atoms with Crippen LogP contribution in [-0.4, -0.2) is 54.4 Å². The van der Waals surface area contributed by atoms with Gasteiger partial charge in [0.15, 0.2) is 12.2 Å². The average molecular weight is 578 g/mol. The molecule has 1 atom stereocenters. The molecule has 226 valence electrons. The van der Waals surface area contributed by atoms with Crippen LogP contribution in [0.2, 0.25) is 0 Å². The molecule has 2 aromatic carbocycles. The number of amides is 3. The maximum Gasteiger partial charge on any atom is 0.407 e. The average Bonchev–Trinajstić information content (AvgIpc) is 3.53. The van der Waals surface area contributed by atoms with Gasteiger partial charge < -0.3 is 29.8 Å². The number of aromatic nitrogens is 1. The van der Waals surface area contributed by atoms with Crippen LogP contribution in [0.15, 0.2) is 59.5 Å². The van der Waals surface area contributed by atoms with Crippen molar-refractivity contribution in [2.45, 2.75) is 71.6 Å². The topological polar surface area (TPSA) is 118 Å². The Bertz CT molecular complexity index is 1290. The van der Waals surface area contributed by atoms with E-state index in [0.717, 1.165) is 37.1 Å². The summed E-state index contributed by atoms with van der Waals surface area (Å²) in [4.78, 5) is 31.9. The standard InChI is InChI=1S/C32H43N5O5/c1-5-37(22(2)3)20-30(24-11-7-6-8-12-24)42-32(39)34-18-23-10-9-13-25(16-23)35-31(38)36-26-14-15-27(28(17-26)40-4)29-19-33-21-41-29/h9-10,13-17,19,21-22,24,30H,5-8,11-12,18,20H2,1-4H3,(H,34,39)(H2,35,36,38)/t30-/m1/s1. The number of anilines is 2. The minimum atomic E-state index is -0.413. The van der Waals surface area contributed by atoms with Gasteiger partial charge in [0.1, 0.15) is 11.9 Å². The fraction of sp³-hybridized carbons (Fsp3) is 0.469. The predicted octanol–water partition coefficient (Wildman–Crippen LogP) is 6.90. The number of rotatable bonds is 12. The molecule has 3 amide bonds. The number of oxazole rings is 1. The summed E-state index contributed by atoms with van der Waals surface area (Å²) >= 11 is 0. The molecule has 1 heterocycles. The minimum Gasteiger partial charge on any atom is -0.496 e. The Morgan fingerprint density at radius 3 is 2.50 bits per heavy atom. The van der Waals surface area contributed by atoms with Crippen LogP contribution in [0.25, 0.3) is 11.3 Å². The summed E-state index contributed by atoms with van der Waals surface area (Å²) in [5, 5.41) is 8.57. The van der Waals surface area contributed by atoms with Gasteiger partial charge in [-0.15, -0.1) is 0 Å². The van der Waals surface area contributed by atoms with Crippen molar-refractivity contribution < 1.29 is 23.5 Å². The van der Waals surface area contributed by atoms with Crippen LogP contribution in [-0.2, 0) is 11.3 Å². The Labute approximate surface area is 248 Å². The van der Waals surface area contributed by atoms with Crippen LogP contribution in [0.3, 0.4) is 0 Å². The number of ether oxygens (including phenoxy) is 2. The number of carbonyl (C=O) groups excluding carboxylic acids is 2. The van der Waals surface area contributed by atoms with Crippen molar-refractivity contribution in [2.24, 2.45) is 5.92 Å². The summed E-state index contributed by atoms with van der Waals surface area (Å²) in [5.74, 6) is 1.50. The molecule has 1 aromatic heterocycles. The quantitative estimate of drug-likeness (QED) is 0.214. The third-order valence-electron chi connectivity index (χ3n) is 7.76. The first kappa shape index (κ1) is 30.9. The fourth-order valence-corrected chi connectivity index (χ4v) is 5.45. The lowest BCUT2D eigenvalue weighted by Crippen LogP contribution is -2.44. The second-order valence-corrected chi connectivity index (χ2v) is 10.9. The van der Waals surface area contributed by atoms with Gasteiger partial charge in [-0.05, 0) is 69.0 Å². The van der Waals surface area contributed by atoms with Gasteiger partial charge in [0.25, 0.3) is 0 Å². The third-order valence-corrected chi connectivity index (χ3v) is 7.76. The van der Waals surface area contributed by atoms with Crippen molar-refractivity contribution in [1.29, 1.82) is 0 Å². The maximum absolute atomic E-state index is 12.9. The maximum atomic E-state index is 12.9. The number of likely N-dealkylation sites (N-methyl/N-ethyl adjacent to an activating group) is 1. The largest absolute Gasteiger partial charge is 0.496 e. The molecule has 10 heteroatoms. The van der Waals surface area contributed by atoms with Gasteiger partial charge in [0, 0.05) is 36.6 Å². The molecule has 0 radical (unpaired) electrons. The molecule has 4 rings (SSSR count). The summed E-state index contributed by atoms with van der Waals surface area (Å²) < 4.78 is 16.8. The van der Waals surface area contributed by atoms with E-state index in [0.29, 0.717) is 34.8 Å². The molecular weight excluding hydrogens is 534 g/mol. The zero-order chi connectivity index (χ0) is 29.9. The first-order chi connectivity index (χ1) is 20.4. The van der Waals surface area contributed by atoms with Crippen molar-refractivity contribution in [3.8, 4) is 17.1 Å². The first-order valence-corrected chi connectivity index (χ1v) is 14.8. The molecule has 0 aliphatic heterocycles. The van der Waals surface area contributed by atoms with E-state index in [1.807, 2.05) is 18.2 Å². The molecule has 3 aromatic rings. The van der Waals surface area contributed by atoms with Gasteiger partial charge >= 0.3 is 12.1 Å². The Hall–Kier alpha value is -4.05. The van der Waals surface area contributed by atoms with E-state index < -0.39 is 12.1 Å². The molecule has 3 N–H and O–H groups in total. The number of nitrogens with one attached hydrogen (secondary N) is 3. The number of hydrogen-bond acceptors (Lipinski definition) is 7. The van der Waals surface area contributed by atoms with Crippen molar-refractivity contribution in [2.75, 3.05) is 30.8 Å². The van der Waals surface area contributed by atoms with Crippen LogP contribution in [0, 0.1) is 5.92 Å². The van der Waals surface area contributed by atoms with Gasteiger partial charge in [-0.2, -0.15) is 0 Å². The molecule has 1 fully saturated rings. The number of hydrogen-bond donors (Lipinski definition) is 3. The first-order valence-electron chi connectivity index (χ1n) is 14.8. The molecule has 42 heavy (non-hydrogen) atoms. The minimum absolute atomic E-state index is 0.132. The third kappa shape index (κ3) is 8.72. The normalized spacial score (nSPS) is 14.4. The molecule has 0 saturated heterocycles. The summed E-state index contributed by atoms with van der Waals surface area (Å²) in [7, 11) is 1.55. The lowest BCUT2D eigenvalue weighted by molar-refractivity contribution is 0.0177. The van der Waals surface area contributed by atoms with Crippen LogP contribution in [0.1, 0.15) is 58.4 Å². The second kappa shape index (κ2) is 15.3. The predicted molar refractivity (Wildman–Crippen MR) is 164 cm³/mol.